The number of hydrogen-bond acceptors (Lipinski definition) is 4. The van der Waals surface area contributed by atoms with Gasteiger partial charge in [0.25, 0.3) is 5.69 Å². The number of halogens is 1. The molecule has 0 spiro atoms. The lowest BCUT2D eigenvalue weighted by Gasteiger charge is -2.02. The molecule has 0 aliphatic rings. The first-order valence-electron chi connectivity index (χ1n) is 5.22. The monoisotopic (exact) mass is 274 g/mol. The van der Waals surface area contributed by atoms with Gasteiger partial charge in [-0.2, -0.15) is 5.26 Å². The van der Waals surface area contributed by atoms with Gasteiger partial charge in [-0.1, -0.05) is 17.8 Å². The fourth-order valence-corrected chi connectivity index (χ4v) is 2.38. The maximum absolute atomic E-state index is 13.0. The first-order chi connectivity index (χ1) is 9.10. The quantitative estimate of drug-likeness (QED) is 0.631. The summed E-state index contributed by atoms with van der Waals surface area (Å²) in [7, 11) is 0. The Bertz CT molecular complexity index is 683. The van der Waals surface area contributed by atoms with Crippen LogP contribution in [0.2, 0.25) is 0 Å². The molecule has 0 bridgehead atoms. The van der Waals surface area contributed by atoms with E-state index in [-0.39, 0.29) is 17.1 Å². The minimum atomic E-state index is -0.603. The first-order valence-corrected chi connectivity index (χ1v) is 6.04. The van der Waals surface area contributed by atoms with Crippen LogP contribution in [0.15, 0.2) is 52.3 Å². The van der Waals surface area contributed by atoms with Gasteiger partial charge in [0.05, 0.1) is 4.92 Å². The lowest BCUT2D eigenvalue weighted by molar-refractivity contribution is -0.385. The number of nitro benzene ring substituents is 1. The van der Waals surface area contributed by atoms with E-state index in [1.54, 1.807) is 24.3 Å². The molecule has 0 N–H and O–H groups in total. The lowest BCUT2D eigenvalue weighted by atomic mass is 10.2. The fourth-order valence-electron chi connectivity index (χ4n) is 1.49. The Morgan fingerprint density at radius 3 is 2.58 bits per heavy atom. The van der Waals surface area contributed by atoms with E-state index in [0.717, 1.165) is 0 Å². The predicted molar refractivity (Wildman–Crippen MR) is 68.3 cm³/mol. The molecule has 6 heteroatoms. The molecule has 0 saturated heterocycles. The summed E-state index contributed by atoms with van der Waals surface area (Å²) in [5.74, 6) is -0.367. The Morgan fingerprint density at radius 1 is 1.21 bits per heavy atom. The maximum Gasteiger partial charge on any atom is 0.288 e. The first kappa shape index (κ1) is 13.1. The molecule has 0 heterocycles. The zero-order valence-electron chi connectivity index (χ0n) is 9.54. The third-order valence-electron chi connectivity index (χ3n) is 2.32. The van der Waals surface area contributed by atoms with Crippen LogP contribution >= 0.6 is 11.8 Å². The SMILES string of the molecule is N#Cc1ccc(Sc2cccc(F)c2)cc1[N+](=O)[O-]. The van der Waals surface area contributed by atoms with Gasteiger partial charge in [0.2, 0.25) is 0 Å². The number of rotatable bonds is 3. The van der Waals surface area contributed by atoms with Crippen molar-refractivity contribution >= 4 is 17.4 Å². The van der Waals surface area contributed by atoms with Crippen molar-refractivity contribution in [2.24, 2.45) is 0 Å². The smallest absolute Gasteiger partial charge is 0.258 e. The van der Waals surface area contributed by atoms with Gasteiger partial charge >= 0.3 is 0 Å². The number of benzene rings is 2. The van der Waals surface area contributed by atoms with Gasteiger partial charge in [-0.25, -0.2) is 4.39 Å². The van der Waals surface area contributed by atoms with Crippen molar-refractivity contribution in [2.45, 2.75) is 9.79 Å². The van der Waals surface area contributed by atoms with E-state index in [1.807, 2.05) is 0 Å². The summed E-state index contributed by atoms with van der Waals surface area (Å²) in [6.45, 7) is 0. The van der Waals surface area contributed by atoms with E-state index in [2.05, 4.69) is 0 Å². The average Bonchev–Trinajstić information content (AvgIpc) is 2.38. The fraction of sp³-hybridized carbons (Fsp3) is 0. The summed E-state index contributed by atoms with van der Waals surface area (Å²) >= 11 is 1.20. The summed E-state index contributed by atoms with van der Waals surface area (Å²) in [5.41, 5.74) is -0.238. The Labute approximate surface area is 112 Å². The van der Waals surface area contributed by atoms with E-state index < -0.39 is 4.92 Å². The normalized spacial score (nSPS) is 9.89. The molecule has 0 aliphatic carbocycles. The summed E-state index contributed by atoms with van der Waals surface area (Å²) in [4.78, 5) is 11.4. The number of nitriles is 1. The van der Waals surface area contributed by atoms with Crippen LogP contribution in [-0.2, 0) is 0 Å². The summed E-state index contributed by atoms with van der Waals surface area (Å²) in [6, 6.07) is 12.0. The minimum Gasteiger partial charge on any atom is -0.258 e. The van der Waals surface area contributed by atoms with Crippen LogP contribution in [0, 0.1) is 27.3 Å². The third-order valence-corrected chi connectivity index (χ3v) is 3.30. The van der Waals surface area contributed by atoms with Crippen molar-refractivity contribution in [3.05, 3.63) is 64.0 Å². The van der Waals surface area contributed by atoms with Gasteiger partial charge in [0.1, 0.15) is 17.4 Å². The third kappa shape index (κ3) is 3.09. The standard InChI is InChI=1S/C13H7FN2O2S/c14-10-2-1-3-11(6-10)19-12-5-4-9(8-15)13(7-12)16(17)18/h1-7H. The second-order valence-electron chi connectivity index (χ2n) is 3.61. The molecule has 19 heavy (non-hydrogen) atoms. The molecule has 2 aromatic carbocycles. The molecule has 0 amide bonds. The Kier molecular flexibility index (Phi) is 3.78. The van der Waals surface area contributed by atoms with Crippen molar-refractivity contribution in [1.82, 2.24) is 0 Å². The summed E-state index contributed by atoms with van der Waals surface area (Å²) in [6.07, 6.45) is 0. The molecule has 0 aliphatic heterocycles. The van der Waals surface area contributed by atoms with Crippen LogP contribution < -0.4 is 0 Å². The van der Waals surface area contributed by atoms with Gasteiger partial charge in [0, 0.05) is 15.9 Å². The number of hydrogen-bond donors (Lipinski definition) is 0. The Morgan fingerprint density at radius 2 is 1.95 bits per heavy atom. The van der Waals surface area contributed by atoms with Crippen LogP contribution in [0.1, 0.15) is 5.56 Å². The largest absolute Gasteiger partial charge is 0.288 e. The van der Waals surface area contributed by atoms with Crippen molar-refractivity contribution in [3.63, 3.8) is 0 Å². The molecule has 94 valence electrons. The van der Waals surface area contributed by atoms with Crippen LogP contribution in [0.25, 0.3) is 0 Å². The van der Waals surface area contributed by atoms with Crippen molar-refractivity contribution in [3.8, 4) is 6.07 Å². The second kappa shape index (κ2) is 5.50. The highest BCUT2D eigenvalue weighted by Crippen LogP contribution is 2.31. The van der Waals surface area contributed by atoms with Crippen molar-refractivity contribution < 1.29 is 9.31 Å². The molecule has 4 nitrogen and oxygen atoms in total. The van der Waals surface area contributed by atoms with E-state index in [1.165, 1.54) is 36.0 Å². The molecule has 0 fully saturated rings. The zero-order chi connectivity index (χ0) is 13.8. The Hall–Kier alpha value is -2.39. The molecule has 2 rings (SSSR count). The predicted octanol–water partition coefficient (Wildman–Crippen LogP) is 3.76. The van der Waals surface area contributed by atoms with Crippen molar-refractivity contribution in [1.29, 1.82) is 5.26 Å². The van der Waals surface area contributed by atoms with Gasteiger partial charge in [0.15, 0.2) is 0 Å². The van der Waals surface area contributed by atoms with E-state index >= 15 is 0 Å². The minimum absolute atomic E-state index is 0.00796. The highest BCUT2D eigenvalue weighted by Gasteiger charge is 2.14. The van der Waals surface area contributed by atoms with E-state index in [0.29, 0.717) is 9.79 Å². The molecule has 0 saturated carbocycles. The van der Waals surface area contributed by atoms with Crippen molar-refractivity contribution in [2.75, 3.05) is 0 Å². The van der Waals surface area contributed by atoms with E-state index in [4.69, 9.17) is 5.26 Å². The van der Waals surface area contributed by atoms with Crippen LogP contribution in [-0.4, -0.2) is 4.92 Å². The summed E-state index contributed by atoms with van der Waals surface area (Å²) < 4.78 is 13.0. The van der Waals surface area contributed by atoms with Gasteiger partial charge < -0.3 is 0 Å². The second-order valence-corrected chi connectivity index (χ2v) is 4.75. The molecule has 0 radical (unpaired) electrons. The maximum atomic E-state index is 13.0. The molecular weight excluding hydrogens is 267 g/mol. The Balaban J connectivity index is 2.34. The zero-order valence-corrected chi connectivity index (χ0v) is 10.4. The molecule has 0 atom stereocenters. The molecule has 0 unspecified atom stereocenters. The molecular formula is C13H7FN2O2S. The molecule has 0 aromatic heterocycles. The van der Waals surface area contributed by atoms with Gasteiger partial charge in [-0.3, -0.25) is 10.1 Å². The lowest BCUT2D eigenvalue weighted by Crippen LogP contribution is -1.92. The number of nitro groups is 1. The summed E-state index contributed by atoms with van der Waals surface area (Å²) in [5, 5.41) is 19.6. The highest BCUT2D eigenvalue weighted by atomic mass is 32.2. The highest BCUT2D eigenvalue weighted by molar-refractivity contribution is 7.99. The average molecular weight is 274 g/mol. The topological polar surface area (TPSA) is 66.9 Å². The van der Waals surface area contributed by atoms with Crippen LogP contribution in [0.5, 0.6) is 0 Å². The molecule has 2 aromatic rings. The van der Waals surface area contributed by atoms with Gasteiger partial charge in [-0.05, 0) is 30.3 Å². The van der Waals surface area contributed by atoms with Crippen LogP contribution in [0.3, 0.4) is 0 Å². The van der Waals surface area contributed by atoms with Crippen LogP contribution in [0.4, 0.5) is 10.1 Å². The number of nitrogens with zero attached hydrogens (tertiary/aromatic N) is 2. The van der Waals surface area contributed by atoms with E-state index in [9.17, 15) is 14.5 Å². The van der Waals surface area contributed by atoms with Gasteiger partial charge in [-0.15, -0.1) is 0 Å².